The topological polar surface area (TPSA) is 146 Å². The standard InChI is InChI=1S/C46H37Cl2F3N10O2/c47-39-37(45(53-22-35(62)60-19-17-32(50)24-60)56-54-43(39)27-10-5-2-6-11-27)41(52)28-14-15-33(34(51)21-28)30-16-18-59(23-30)36(63)25-61-46-38(42(58-61)26-8-3-1-4-9-26)40(48)44(55-57-46)29-12-7-13-31(49)20-29/h1-15,20-21,30,32,52H,16-19,22-25H2,(H,53,56)/t30?,32-/m1/s1. The van der Waals surface area contributed by atoms with Gasteiger partial charge in [-0.05, 0) is 36.6 Å². The van der Waals surface area contributed by atoms with Crippen LogP contribution >= 0.6 is 23.2 Å². The molecule has 2 aliphatic heterocycles. The molecule has 2 N–H and O–H groups in total. The summed E-state index contributed by atoms with van der Waals surface area (Å²) in [5.74, 6) is -1.93. The summed E-state index contributed by atoms with van der Waals surface area (Å²) in [5, 5.41) is 35.0. The second-order valence-corrected chi connectivity index (χ2v) is 16.2. The fraction of sp³-hybridized carbons (Fsp3) is 0.217. The molecule has 2 aliphatic rings. The van der Waals surface area contributed by atoms with Gasteiger partial charge in [0.1, 0.15) is 41.4 Å². The zero-order valence-electron chi connectivity index (χ0n) is 33.4. The summed E-state index contributed by atoms with van der Waals surface area (Å²) in [6.45, 7) is 0.460. The van der Waals surface area contributed by atoms with E-state index in [0.29, 0.717) is 53.0 Å². The summed E-state index contributed by atoms with van der Waals surface area (Å²) < 4.78 is 45.7. The molecule has 17 heteroatoms. The smallest absolute Gasteiger partial charge is 0.244 e. The van der Waals surface area contributed by atoms with Crippen molar-refractivity contribution in [1.82, 2.24) is 40.0 Å². The summed E-state index contributed by atoms with van der Waals surface area (Å²) in [4.78, 5) is 29.9. The lowest BCUT2D eigenvalue weighted by molar-refractivity contribution is -0.131. The van der Waals surface area contributed by atoms with Crippen LogP contribution < -0.4 is 5.32 Å². The number of halogens is 5. The molecule has 0 bridgehead atoms. The van der Waals surface area contributed by atoms with Crippen LogP contribution in [0.25, 0.3) is 44.8 Å². The van der Waals surface area contributed by atoms with E-state index in [0.717, 1.165) is 5.56 Å². The van der Waals surface area contributed by atoms with Gasteiger partial charge in [-0.15, -0.1) is 20.4 Å². The van der Waals surface area contributed by atoms with Gasteiger partial charge >= 0.3 is 0 Å². The predicted molar refractivity (Wildman–Crippen MR) is 234 cm³/mol. The summed E-state index contributed by atoms with van der Waals surface area (Å²) >= 11 is 13.9. The first kappa shape index (κ1) is 41.6. The Morgan fingerprint density at radius 3 is 2.10 bits per heavy atom. The molecule has 0 saturated carbocycles. The predicted octanol–water partition coefficient (Wildman–Crippen LogP) is 8.62. The number of nitrogens with one attached hydrogen (secondary N) is 2. The van der Waals surface area contributed by atoms with Crippen molar-refractivity contribution in [2.24, 2.45) is 0 Å². The van der Waals surface area contributed by atoms with Gasteiger partial charge in [0.05, 0.1) is 39.8 Å². The number of carbonyl (C=O) groups is 2. The summed E-state index contributed by atoms with van der Waals surface area (Å²) in [6, 6.07) is 28.7. The van der Waals surface area contributed by atoms with E-state index in [9.17, 15) is 23.8 Å². The summed E-state index contributed by atoms with van der Waals surface area (Å²) in [7, 11) is 0. The molecule has 2 amide bonds. The molecule has 9 rings (SSSR count). The number of alkyl halides is 1. The normalized spacial score (nSPS) is 16.2. The van der Waals surface area contributed by atoms with E-state index in [1.54, 1.807) is 53.4 Å². The van der Waals surface area contributed by atoms with E-state index >= 15 is 4.39 Å². The molecular weight excluding hydrogens is 852 g/mol. The molecule has 4 aromatic carbocycles. The lowest BCUT2D eigenvalue weighted by atomic mass is 9.94. The van der Waals surface area contributed by atoms with Gasteiger partial charge in [0, 0.05) is 47.8 Å². The van der Waals surface area contributed by atoms with Crippen LogP contribution in [0, 0.1) is 17.0 Å². The van der Waals surface area contributed by atoms with Gasteiger partial charge in [0.25, 0.3) is 0 Å². The van der Waals surface area contributed by atoms with Gasteiger partial charge in [0.15, 0.2) is 11.5 Å². The number of hydrogen-bond donors (Lipinski definition) is 2. The highest BCUT2D eigenvalue weighted by atomic mass is 35.5. The van der Waals surface area contributed by atoms with Gasteiger partial charge in [-0.3, -0.25) is 15.0 Å². The molecule has 3 aromatic heterocycles. The minimum atomic E-state index is -1.08. The SMILES string of the molecule is N=C(c1ccc(C2CCN(C(=O)Cn3nc(-c4ccccc4)c4c(Cl)c(-c5cccc(F)c5)nnc43)C2)c(F)c1)c1c(NCC(=O)N2CC[C@@H](F)C2)nnc(-c2ccccc2)c1Cl. The molecule has 12 nitrogen and oxygen atoms in total. The van der Waals surface area contributed by atoms with Crippen molar-refractivity contribution in [3.05, 3.63) is 141 Å². The number of benzene rings is 4. The largest absolute Gasteiger partial charge is 0.359 e. The highest BCUT2D eigenvalue weighted by Crippen LogP contribution is 2.39. The molecule has 5 heterocycles. The summed E-state index contributed by atoms with van der Waals surface area (Å²) in [6.07, 6.45) is -0.332. The fourth-order valence-corrected chi connectivity index (χ4v) is 8.79. The third-order valence-corrected chi connectivity index (χ3v) is 12.1. The average molecular weight is 890 g/mol. The minimum Gasteiger partial charge on any atom is -0.359 e. The Hall–Kier alpha value is -6.71. The van der Waals surface area contributed by atoms with E-state index in [1.165, 1.54) is 27.8 Å². The molecule has 7 aromatic rings. The lowest BCUT2D eigenvalue weighted by Crippen LogP contribution is -2.34. The van der Waals surface area contributed by atoms with Crippen molar-refractivity contribution < 1.29 is 22.8 Å². The average Bonchev–Trinajstić information content (AvgIpc) is 4.06. The zero-order chi connectivity index (χ0) is 43.8. The lowest BCUT2D eigenvalue weighted by Gasteiger charge is -2.19. The molecule has 0 spiro atoms. The molecule has 2 fully saturated rings. The third-order valence-electron chi connectivity index (χ3n) is 11.4. The number of hydrogen-bond acceptors (Lipinski definition) is 9. The molecule has 0 radical (unpaired) electrons. The number of fused-ring (bicyclic) bond motifs is 1. The number of rotatable bonds is 11. The van der Waals surface area contributed by atoms with Crippen LogP contribution in [0.4, 0.5) is 19.0 Å². The highest BCUT2D eigenvalue weighted by Gasteiger charge is 2.32. The van der Waals surface area contributed by atoms with Gasteiger partial charge in [-0.1, -0.05) is 108 Å². The molecule has 63 heavy (non-hydrogen) atoms. The van der Waals surface area contributed by atoms with Crippen LogP contribution in [0.3, 0.4) is 0 Å². The number of carbonyl (C=O) groups excluding carboxylic acids is 2. The Balaban J connectivity index is 0.947. The van der Waals surface area contributed by atoms with Crippen molar-refractivity contribution in [2.45, 2.75) is 31.5 Å². The molecule has 2 atom stereocenters. The first-order valence-electron chi connectivity index (χ1n) is 20.2. The van der Waals surface area contributed by atoms with Crippen LogP contribution in [-0.2, 0) is 16.1 Å². The minimum absolute atomic E-state index is 0.00383. The van der Waals surface area contributed by atoms with Crippen LogP contribution in [0.15, 0.2) is 103 Å². The monoisotopic (exact) mass is 888 g/mol. The second-order valence-electron chi connectivity index (χ2n) is 15.4. The highest BCUT2D eigenvalue weighted by molar-refractivity contribution is 6.39. The Morgan fingerprint density at radius 2 is 1.40 bits per heavy atom. The maximum absolute atomic E-state index is 16.2. The van der Waals surface area contributed by atoms with Gasteiger partial charge in [-0.2, -0.15) is 5.10 Å². The first-order chi connectivity index (χ1) is 30.5. The van der Waals surface area contributed by atoms with Crippen molar-refractivity contribution in [3.8, 4) is 33.8 Å². The number of aromatic nitrogens is 6. The molecule has 318 valence electrons. The Morgan fingerprint density at radius 1 is 0.730 bits per heavy atom. The van der Waals surface area contributed by atoms with E-state index in [1.807, 2.05) is 36.4 Å². The van der Waals surface area contributed by atoms with Crippen molar-refractivity contribution in [2.75, 3.05) is 38.0 Å². The quantitative estimate of drug-likeness (QED) is 0.123. The maximum Gasteiger partial charge on any atom is 0.244 e. The summed E-state index contributed by atoms with van der Waals surface area (Å²) in [5.41, 5.74) is 3.68. The van der Waals surface area contributed by atoms with Crippen molar-refractivity contribution >= 4 is 57.6 Å². The van der Waals surface area contributed by atoms with Crippen LogP contribution in [0.1, 0.15) is 35.4 Å². The van der Waals surface area contributed by atoms with Crippen molar-refractivity contribution in [3.63, 3.8) is 0 Å². The van der Waals surface area contributed by atoms with E-state index < -0.39 is 17.8 Å². The van der Waals surface area contributed by atoms with E-state index in [2.05, 4.69) is 25.7 Å². The molecule has 0 aliphatic carbocycles. The number of amides is 2. The van der Waals surface area contributed by atoms with Gasteiger partial charge in [0.2, 0.25) is 11.8 Å². The van der Waals surface area contributed by atoms with E-state index in [-0.39, 0.29) is 94.4 Å². The molecule has 1 unspecified atom stereocenters. The second kappa shape index (κ2) is 17.6. The third kappa shape index (κ3) is 8.33. The zero-order valence-corrected chi connectivity index (χ0v) is 34.9. The number of anilines is 1. The van der Waals surface area contributed by atoms with Gasteiger partial charge in [-0.25, -0.2) is 17.9 Å². The molecular formula is C46H37Cl2F3N10O2. The Bertz CT molecular complexity index is 2900. The molecule has 2 saturated heterocycles. The van der Waals surface area contributed by atoms with Crippen LogP contribution in [0.2, 0.25) is 10.0 Å². The van der Waals surface area contributed by atoms with Gasteiger partial charge < -0.3 is 15.1 Å². The van der Waals surface area contributed by atoms with Crippen LogP contribution in [-0.4, -0.2) is 96.4 Å². The fourth-order valence-electron chi connectivity index (χ4n) is 8.14. The van der Waals surface area contributed by atoms with E-state index in [4.69, 9.17) is 28.3 Å². The van der Waals surface area contributed by atoms with Crippen LogP contribution in [0.5, 0.6) is 0 Å². The maximum atomic E-state index is 16.2. The van der Waals surface area contributed by atoms with Crippen molar-refractivity contribution in [1.29, 1.82) is 5.41 Å². The Kier molecular flexibility index (Phi) is 11.6. The number of likely N-dealkylation sites (tertiary alicyclic amines) is 2. The first-order valence-corrected chi connectivity index (χ1v) is 21.0. The Labute approximate surface area is 369 Å². The number of nitrogens with zero attached hydrogens (tertiary/aromatic N) is 8.